The minimum atomic E-state index is -0.792. The number of epoxide rings is 1. The number of allylic oxidation sites excluding steroid dienone is 3. The molecule has 5 aliphatic rings. The Kier molecular flexibility index (Phi) is 10.4. The van der Waals surface area contributed by atoms with Gasteiger partial charge in [0.25, 0.3) is 0 Å². The summed E-state index contributed by atoms with van der Waals surface area (Å²) in [5, 5.41) is 19.3. The number of carbonyl (C=O) groups excluding carboxylic acids is 3. The van der Waals surface area contributed by atoms with Gasteiger partial charge >= 0.3 is 17.9 Å². The Balaban J connectivity index is 1.27. The topological polar surface area (TPSA) is 150 Å². The van der Waals surface area contributed by atoms with Crippen molar-refractivity contribution in [2.75, 3.05) is 33.0 Å². The SMILES string of the molecule is CC1=CC2OC3CC(OC(=O)/C=C\C=C\C(OCCC4=CC(=O)OC4)C(C)O)C(C)(C2(COC(=O)/C=C(\C)CCO)CC1)C31CO1. The van der Waals surface area contributed by atoms with Crippen LogP contribution < -0.4 is 0 Å². The van der Waals surface area contributed by atoms with Crippen molar-refractivity contribution >= 4 is 17.9 Å². The molecule has 252 valence electrons. The van der Waals surface area contributed by atoms with Crippen molar-refractivity contribution < 1.29 is 53.0 Å². The fourth-order valence-corrected chi connectivity index (χ4v) is 7.55. The van der Waals surface area contributed by atoms with Crippen LogP contribution in [0.4, 0.5) is 0 Å². The summed E-state index contributed by atoms with van der Waals surface area (Å²) in [5.41, 5.74) is 0.749. The minimum absolute atomic E-state index is 0.0517. The molecule has 1 spiro atoms. The fourth-order valence-electron chi connectivity index (χ4n) is 7.55. The Morgan fingerprint density at radius 1 is 1.24 bits per heavy atom. The van der Waals surface area contributed by atoms with Crippen molar-refractivity contribution in [1.82, 2.24) is 0 Å². The predicted molar refractivity (Wildman–Crippen MR) is 165 cm³/mol. The number of hydrogen-bond acceptors (Lipinski definition) is 11. The van der Waals surface area contributed by atoms with Crippen LogP contribution in [0.5, 0.6) is 0 Å². The Bertz CT molecular complexity index is 1340. The maximum Gasteiger partial charge on any atom is 0.331 e. The Morgan fingerprint density at radius 3 is 2.70 bits per heavy atom. The van der Waals surface area contributed by atoms with Crippen LogP contribution in [0, 0.1) is 10.8 Å². The number of fused-ring (bicyclic) bond motifs is 2. The molecule has 1 saturated carbocycles. The summed E-state index contributed by atoms with van der Waals surface area (Å²) in [6.07, 6.45) is 11.4. The van der Waals surface area contributed by atoms with Gasteiger partial charge < -0.3 is 38.6 Å². The van der Waals surface area contributed by atoms with E-state index in [2.05, 4.69) is 19.9 Å². The molecule has 0 radical (unpaired) electrons. The first-order valence-electron chi connectivity index (χ1n) is 16.1. The quantitative estimate of drug-likeness (QED) is 0.0718. The highest BCUT2D eigenvalue weighted by atomic mass is 16.6. The molecular weight excluding hydrogens is 596 g/mol. The lowest BCUT2D eigenvalue weighted by Gasteiger charge is -2.58. The number of esters is 3. The van der Waals surface area contributed by atoms with E-state index in [4.69, 9.17) is 28.4 Å². The molecule has 11 heteroatoms. The van der Waals surface area contributed by atoms with E-state index in [9.17, 15) is 24.6 Å². The Hall–Kier alpha value is -3.09. The number of hydrogen-bond donors (Lipinski definition) is 2. The summed E-state index contributed by atoms with van der Waals surface area (Å²) in [5.74, 6) is -1.37. The lowest BCUT2D eigenvalue weighted by molar-refractivity contribution is -0.232. The summed E-state index contributed by atoms with van der Waals surface area (Å²) in [7, 11) is 0. The zero-order chi connectivity index (χ0) is 33.1. The van der Waals surface area contributed by atoms with Crippen LogP contribution in [-0.4, -0.2) is 97.3 Å². The van der Waals surface area contributed by atoms with E-state index in [1.165, 1.54) is 23.8 Å². The van der Waals surface area contributed by atoms with E-state index in [-0.39, 0.29) is 38.0 Å². The molecule has 0 aromatic rings. The van der Waals surface area contributed by atoms with E-state index >= 15 is 0 Å². The number of aliphatic hydroxyl groups is 2. The largest absolute Gasteiger partial charge is 0.462 e. The van der Waals surface area contributed by atoms with Gasteiger partial charge in [-0.3, -0.25) is 0 Å². The first kappa shape index (κ1) is 34.3. The lowest BCUT2D eigenvalue weighted by Crippen LogP contribution is -2.66. The fraction of sp³-hybridized carbons (Fsp3) is 0.629. The van der Waals surface area contributed by atoms with Crippen LogP contribution >= 0.6 is 0 Å². The van der Waals surface area contributed by atoms with E-state index in [0.29, 0.717) is 38.9 Å². The molecule has 3 aliphatic heterocycles. The van der Waals surface area contributed by atoms with Crippen LogP contribution in [0.25, 0.3) is 0 Å². The van der Waals surface area contributed by atoms with Gasteiger partial charge in [-0.2, -0.15) is 0 Å². The summed E-state index contributed by atoms with van der Waals surface area (Å²) in [6.45, 7) is 8.59. The molecular formula is C35H46O11. The van der Waals surface area contributed by atoms with Gasteiger partial charge in [0.05, 0.1) is 36.9 Å². The van der Waals surface area contributed by atoms with Crippen LogP contribution in [0.1, 0.15) is 59.8 Å². The van der Waals surface area contributed by atoms with Crippen molar-refractivity contribution in [2.45, 2.75) is 95.9 Å². The zero-order valence-electron chi connectivity index (χ0n) is 27.1. The molecule has 0 amide bonds. The number of cyclic esters (lactones) is 1. The second-order valence-corrected chi connectivity index (χ2v) is 13.3. The standard InChI is InChI=1S/C35H46O11/c1-22-9-12-34(20-43-31(39)16-23(2)10-13-36)28(15-22)45-29-18-27(33(34,4)35(29)21-44-35)46-30(38)8-6-5-7-26(24(3)37)41-14-11-25-17-32(40)42-19-25/h5-8,15-17,24,26-29,36-37H,9-14,18-21H2,1-4H3/b7-5+,8-6-,23-16+. The molecule has 0 aromatic carbocycles. The lowest BCUT2D eigenvalue weighted by atomic mass is 9.51. The van der Waals surface area contributed by atoms with E-state index in [1.54, 1.807) is 32.1 Å². The zero-order valence-corrected chi connectivity index (χ0v) is 27.1. The van der Waals surface area contributed by atoms with Gasteiger partial charge in [0.15, 0.2) is 0 Å². The maximum absolute atomic E-state index is 13.2. The number of ether oxygens (including phenoxy) is 6. The summed E-state index contributed by atoms with van der Waals surface area (Å²) in [4.78, 5) is 37.2. The third kappa shape index (κ3) is 6.66. The average Bonchev–Trinajstić information content (AvgIpc) is 3.67. The van der Waals surface area contributed by atoms with Crippen molar-refractivity contribution in [2.24, 2.45) is 10.8 Å². The number of carbonyl (C=O) groups is 3. The normalized spacial score (nSPS) is 34.7. The molecule has 2 bridgehead atoms. The molecule has 0 aromatic heterocycles. The van der Waals surface area contributed by atoms with E-state index < -0.39 is 46.7 Å². The number of aliphatic hydroxyl groups excluding tert-OH is 2. The van der Waals surface area contributed by atoms with Crippen LogP contribution in [0.3, 0.4) is 0 Å². The second kappa shape index (κ2) is 13.9. The summed E-state index contributed by atoms with van der Waals surface area (Å²) in [6, 6.07) is 0. The van der Waals surface area contributed by atoms with Gasteiger partial charge in [-0.25, -0.2) is 14.4 Å². The predicted octanol–water partition coefficient (Wildman–Crippen LogP) is 3.19. The smallest absolute Gasteiger partial charge is 0.331 e. The third-order valence-electron chi connectivity index (χ3n) is 10.4. The van der Waals surface area contributed by atoms with Gasteiger partial charge in [-0.15, -0.1) is 0 Å². The molecule has 11 nitrogen and oxygen atoms in total. The monoisotopic (exact) mass is 642 g/mol. The van der Waals surface area contributed by atoms with Gasteiger partial charge in [-0.05, 0) is 52.0 Å². The Morgan fingerprint density at radius 2 is 2.02 bits per heavy atom. The molecule has 8 unspecified atom stereocenters. The highest BCUT2D eigenvalue weighted by molar-refractivity contribution is 5.85. The van der Waals surface area contributed by atoms with Crippen LogP contribution in [0.2, 0.25) is 0 Å². The van der Waals surface area contributed by atoms with Gasteiger partial charge in [0, 0.05) is 36.7 Å². The maximum atomic E-state index is 13.2. The molecule has 3 fully saturated rings. The molecule has 2 saturated heterocycles. The molecule has 46 heavy (non-hydrogen) atoms. The van der Waals surface area contributed by atoms with Gasteiger partial charge in [0.2, 0.25) is 0 Å². The Labute approximate surface area is 269 Å². The molecule has 5 rings (SSSR count). The van der Waals surface area contributed by atoms with Crippen molar-refractivity contribution in [1.29, 1.82) is 0 Å². The van der Waals surface area contributed by atoms with Crippen molar-refractivity contribution in [3.63, 3.8) is 0 Å². The van der Waals surface area contributed by atoms with Crippen LogP contribution in [-0.2, 0) is 42.8 Å². The summed E-state index contributed by atoms with van der Waals surface area (Å²) < 4.78 is 35.5. The van der Waals surface area contributed by atoms with Gasteiger partial charge in [0.1, 0.15) is 31.0 Å². The first-order chi connectivity index (χ1) is 21.9. The summed E-state index contributed by atoms with van der Waals surface area (Å²) >= 11 is 0. The highest BCUT2D eigenvalue weighted by Gasteiger charge is 2.83. The minimum Gasteiger partial charge on any atom is -0.462 e. The molecule has 2 N–H and O–H groups in total. The van der Waals surface area contributed by atoms with E-state index in [1.807, 2.05) is 0 Å². The van der Waals surface area contributed by atoms with Crippen LogP contribution in [0.15, 0.2) is 59.3 Å². The van der Waals surface area contributed by atoms with E-state index in [0.717, 1.165) is 17.6 Å². The molecule has 2 aliphatic carbocycles. The van der Waals surface area contributed by atoms with Gasteiger partial charge in [-0.1, -0.05) is 42.4 Å². The third-order valence-corrected chi connectivity index (χ3v) is 10.4. The second-order valence-electron chi connectivity index (χ2n) is 13.3. The van der Waals surface area contributed by atoms with Crippen molar-refractivity contribution in [3.8, 4) is 0 Å². The highest BCUT2D eigenvalue weighted by Crippen LogP contribution is 2.72. The van der Waals surface area contributed by atoms with Crippen molar-refractivity contribution in [3.05, 3.63) is 59.3 Å². The molecule has 8 atom stereocenters. The first-order valence-corrected chi connectivity index (χ1v) is 16.1. The average molecular weight is 643 g/mol. The molecule has 3 heterocycles. The number of rotatable bonds is 14.